The highest BCUT2D eigenvalue weighted by molar-refractivity contribution is 6.13. The number of rotatable bonds is 3. The molecule has 0 saturated carbocycles. The van der Waals surface area contributed by atoms with Gasteiger partial charge >= 0.3 is 0 Å². The minimum absolute atomic E-state index is 0.137. The van der Waals surface area contributed by atoms with E-state index in [-0.39, 0.29) is 11.8 Å². The Morgan fingerprint density at radius 3 is 2.54 bits per heavy atom. The maximum Gasteiger partial charge on any atom is 0.256 e. The number of benzene rings is 2. The van der Waals surface area contributed by atoms with Gasteiger partial charge in [0.1, 0.15) is 0 Å². The number of nitrogens with one attached hydrogen (secondary N) is 2. The Hall–Kier alpha value is -3.21. The molecule has 5 nitrogen and oxygen atoms in total. The van der Waals surface area contributed by atoms with E-state index in [2.05, 4.69) is 10.6 Å². The van der Waals surface area contributed by atoms with Gasteiger partial charge in [-0.1, -0.05) is 24.3 Å². The number of nitrogens with zero attached hydrogens (tertiary/aromatic N) is 1. The van der Waals surface area contributed by atoms with Gasteiger partial charge in [0, 0.05) is 29.4 Å². The fraction of sp³-hybridized carbons (Fsp3) is 0.190. The number of pyridine rings is 1. The fourth-order valence-electron chi connectivity index (χ4n) is 3.54. The second-order valence-corrected chi connectivity index (χ2v) is 6.50. The molecule has 0 atom stereocenters. The number of para-hydroxylation sites is 1. The van der Waals surface area contributed by atoms with E-state index >= 15 is 0 Å². The number of aryl methyl sites for hydroxylation is 1. The second-order valence-electron chi connectivity index (χ2n) is 6.50. The molecule has 1 aliphatic rings. The highest BCUT2D eigenvalue weighted by Gasteiger charge is 2.23. The van der Waals surface area contributed by atoms with Crippen LogP contribution in [0.3, 0.4) is 0 Å². The third-order valence-electron chi connectivity index (χ3n) is 4.59. The summed E-state index contributed by atoms with van der Waals surface area (Å²) in [6.45, 7) is 1.46. The third kappa shape index (κ3) is 3.04. The molecule has 26 heavy (non-hydrogen) atoms. The number of amides is 2. The first-order valence-corrected chi connectivity index (χ1v) is 8.71. The summed E-state index contributed by atoms with van der Waals surface area (Å²) in [5.74, 6) is -0.284. The molecule has 2 amide bonds. The fourth-order valence-corrected chi connectivity index (χ4v) is 3.54. The molecule has 1 aliphatic carbocycles. The zero-order chi connectivity index (χ0) is 18.1. The van der Waals surface area contributed by atoms with E-state index in [0.717, 1.165) is 41.4 Å². The summed E-state index contributed by atoms with van der Waals surface area (Å²) < 4.78 is 0. The van der Waals surface area contributed by atoms with Gasteiger partial charge in [-0.2, -0.15) is 0 Å². The van der Waals surface area contributed by atoms with E-state index in [1.165, 1.54) is 6.92 Å². The lowest BCUT2D eigenvalue weighted by Crippen LogP contribution is -2.16. The molecule has 1 heterocycles. The number of carbonyl (C=O) groups excluding carboxylic acids is 2. The summed E-state index contributed by atoms with van der Waals surface area (Å²) in [5, 5.41) is 6.58. The minimum atomic E-state index is -0.147. The number of hydrogen-bond donors (Lipinski definition) is 2. The number of hydrogen-bond acceptors (Lipinski definition) is 3. The van der Waals surface area contributed by atoms with Crippen molar-refractivity contribution >= 4 is 34.1 Å². The molecule has 2 N–H and O–H groups in total. The van der Waals surface area contributed by atoms with Crippen LogP contribution in [0.2, 0.25) is 0 Å². The maximum atomic E-state index is 13.1. The summed E-state index contributed by atoms with van der Waals surface area (Å²) in [7, 11) is 0. The molecule has 130 valence electrons. The van der Waals surface area contributed by atoms with Gasteiger partial charge in [0.05, 0.1) is 11.1 Å². The highest BCUT2D eigenvalue weighted by Crippen LogP contribution is 2.30. The Kier molecular flexibility index (Phi) is 4.13. The van der Waals surface area contributed by atoms with Crippen LogP contribution in [-0.2, 0) is 17.6 Å². The van der Waals surface area contributed by atoms with Gasteiger partial charge in [-0.15, -0.1) is 0 Å². The molecule has 5 heteroatoms. The third-order valence-corrected chi connectivity index (χ3v) is 4.59. The topological polar surface area (TPSA) is 71.1 Å². The predicted octanol–water partition coefficient (Wildman–Crippen LogP) is 3.93. The van der Waals surface area contributed by atoms with E-state index < -0.39 is 0 Å². The van der Waals surface area contributed by atoms with E-state index in [1.54, 1.807) is 18.2 Å². The Morgan fingerprint density at radius 1 is 0.962 bits per heavy atom. The first kappa shape index (κ1) is 16.3. The maximum absolute atomic E-state index is 13.1. The van der Waals surface area contributed by atoms with Crippen molar-refractivity contribution < 1.29 is 9.59 Å². The predicted molar refractivity (Wildman–Crippen MR) is 102 cm³/mol. The zero-order valence-electron chi connectivity index (χ0n) is 14.5. The first-order valence-electron chi connectivity index (χ1n) is 8.71. The van der Waals surface area contributed by atoms with Crippen LogP contribution in [0.1, 0.15) is 35.0 Å². The Bertz CT molecular complexity index is 1030. The summed E-state index contributed by atoms with van der Waals surface area (Å²) >= 11 is 0. The molecule has 1 aromatic heterocycles. The molecule has 0 saturated heterocycles. The lowest BCUT2D eigenvalue weighted by molar-refractivity contribution is -0.114. The van der Waals surface area contributed by atoms with Gasteiger partial charge in [0.25, 0.3) is 5.91 Å². The quantitative estimate of drug-likeness (QED) is 0.755. The average Bonchev–Trinajstić information content (AvgIpc) is 3.07. The summed E-state index contributed by atoms with van der Waals surface area (Å²) in [6.07, 6.45) is 2.82. The van der Waals surface area contributed by atoms with Crippen LogP contribution < -0.4 is 10.6 Å². The van der Waals surface area contributed by atoms with Crippen molar-refractivity contribution in [3.8, 4) is 0 Å². The Balaban J connectivity index is 1.72. The lowest BCUT2D eigenvalue weighted by Gasteiger charge is -2.13. The van der Waals surface area contributed by atoms with Crippen molar-refractivity contribution in [3.63, 3.8) is 0 Å². The smallest absolute Gasteiger partial charge is 0.256 e. The molecule has 0 fully saturated rings. The van der Waals surface area contributed by atoms with Gasteiger partial charge in [-0.25, -0.2) is 0 Å². The van der Waals surface area contributed by atoms with Crippen molar-refractivity contribution in [1.82, 2.24) is 4.98 Å². The molecule has 0 unspecified atom stereocenters. The Labute approximate surface area is 151 Å². The lowest BCUT2D eigenvalue weighted by atomic mass is 10.0. The van der Waals surface area contributed by atoms with Gasteiger partial charge in [0.2, 0.25) is 5.91 Å². The Morgan fingerprint density at radius 2 is 1.73 bits per heavy atom. The highest BCUT2D eigenvalue weighted by atomic mass is 16.2. The molecule has 3 aromatic rings. The van der Waals surface area contributed by atoms with E-state index in [4.69, 9.17) is 4.98 Å². The molecule has 2 aromatic carbocycles. The zero-order valence-corrected chi connectivity index (χ0v) is 14.5. The molecule has 0 radical (unpaired) electrons. The molecular formula is C21H19N3O2. The van der Waals surface area contributed by atoms with Crippen LogP contribution in [-0.4, -0.2) is 16.8 Å². The standard InChI is InChI=1S/C21H19N3O2/c1-13(25)22-14-6-4-7-15(12-14)23-21(26)20-16-8-2-3-10-18(16)24-19-11-5-9-17(19)20/h2-4,6-8,10,12H,5,9,11H2,1H3,(H,22,25)(H,23,26). The van der Waals surface area contributed by atoms with E-state index in [0.29, 0.717) is 16.9 Å². The SMILES string of the molecule is CC(=O)Nc1cccc(NC(=O)c2c3c(nc4ccccc24)CCC3)c1. The molecule has 0 bridgehead atoms. The van der Waals surface area contributed by atoms with Crippen molar-refractivity contribution in [2.45, 2.75) is 26.2 Å². The van der Waals surface area contributed by atoms with Crippen LogP contribution in [0, 0.1) is 0 Å². The van der Waals surface area contributed by atoms with Crippen LogP contribution in [0.4, 0.5) is 11.4 Å². The van der Waals surface area contributed by atoms with Crippen LogP contribution in [0.25, 0.3) is 10.9 Å². The van der Waals surface area contributed by atoms with Crippen molar-refractivity contribution in [1.29, 1.82) is 0 Å². The number of aromatic nitrogens is 1. The molecule has 4 rings (SSSR count). The normalized spacial score (nSPS) is 12.7. The number of anilines is 2. The van der Waals surface area contributed by atoms with Crippen LogP contribution >= 0.6 is 0 Å². The summed E-state index contributed by atoms with van der Waals surface area (Å²) in [4.78, 5) is 29.1. The second kappa shape index (κ2) is 6.59. The van der Waals surface area contributed by atoms with Crippen LogP contribution in [0.15, 0.2) is 48.5 Å². The monoisotopic (exact) mass is 345 g/mol. The van der Waals surface area contributed by atoms with E-state index in [9.17, 15) is 9.59 Å². The van der Waals surface area contributed by atoms with Crippen molar-refractivity contribution in [2.75, 3.05) is 10.6 Å². The molecule has 0 aliphatic heterocycles. The molecule has 0 spiro atoms. The van der Waals surface area contributed by atoms with Crippen LogP contribution in [0.5, 0.6) is 0 Å². The van der Waals surface area contributed by atoms with Gasteiger partial charge in [-0.3, -0.25) is 14.6 Å². The largest absolute Gasteiger partial charge is 0.326 e. The summed E-state index contributed by atoms with van der Waals surface area (Å²) in [5.41, 5.74) is 4.95. The first-order chi connectivity index (χ1) is 12.6. The van der Waals surface area contributed by atoms with Gasteiger partial charge in [-0.05, 0) is 49.1 Å². The van der Waals surface area contributed by atoms with E-state index in [1.807, 2.05) is 30.3 Å². The summed E-state index contributed by atoms with van der Waals surface area (Å²) in [6, 6.07) is 14.9. The number of fused-ring (bicyclic) bond motifs is 2. The molecular weight excluding hydrogens is 326 g/mol. The van der Waals surface area contributed by atoms with Crippen molar-refractivity contribution in [2.24, 2.45) is 0 Å². The van der Waals surface area contributed by atoms with Gasteiger partial charge in [0.15, 0.2) is 0 Å². The van der Waals surface area contributed by atoms with Crippen molar-refractivity contribution in [3.05, 3.63) is 65.4 Å². The minimum Gasteiger partial charge on any atom is -0.326 e. The number of carbonyl (C=O) groups is 2. The average molecular weight is 345 g/mol. The van der Waals surface area contributed by atoms with Gasteiger partial charge < -0.3 is 10.6 Å².